The molecule has 2 N–H and O–H groups in total. The Hall–Kier alpha value is -2.64. The van der Waals surface area contributed by atoms with Crippen LogP contribution in [0.25, 0.3) is 0 Å². The Bertz CT molecular complexity index is 782. The van der Waals surface area contributed by atoms with Gasteiger partial charge >= 0.3 is 11.9 Å². The Morgan fingerprint density at radius 2 is 1.61 bits per heavy atom. The molecule has 148 valence electrons. The van der Waals surface area contributed by atoms with Crippen molar-refractivity contribution in [1.29, 1.82) is 0 Å². The first-order chi connectivity index (χ1) is 13.5. The van der Waals surface area contributed by atoms with Gasteiger partial charge in [0, 0.05) is 18.9 Å². The van der Waals surface area contributed by atoms with Crippen molar-refractivity contribution in [3.63, 3.8) is 0 Å². The lowest BCUT2D eigenvalue weighted by molar-refractivity contribution is -0.148. The lowest BCUT2D eigenvalue weighted by Crippen LogP contribution is -2.33. The maximum Gasteiger partial charge on any atom is 0.323 e. The minimum absolute atomic E-state index is 0.0522. The lowest BCUT2D eigenvalue weighted by atomic mass is 10.1. The van der Waals surface area contributed by atoms with E-state index in [4.69, 9.17) is 15.2 Å². The van der Waals surface area contributed by atoms with Gasteiger partial charge in [0.05, 0.1) is 0 Å². The van der Waals surface area contributed by atoms with Crippen molar-refractivity contribution in [2.24, 2.45) is 5.73 Å². The highest BCUT2D eigenvalue weighted by molar-refractivity contribution is 8.13. The number of carbonyl (C=O) groups is 3. The average Bonchev–Trinajstić information content (AvgIpc) is 2.70. The van der Waals surface area contributed by atoms with Crippen molar-refractivity contribution >= 4 is 28.8 Å². The minimum atomic E-state index is -0.924. The van der Waals surface area contributed by atoms with Gasteiger partial charge in [-0.3, -0.25) is 14.4 Å². The van der Waals surface area contributed by atoms with Crippen molar-refractivity contribution in [1.82, 2.24) is 0 Å². The molecular weight excluding hydrogens is 378 g/mol. The number of hydrogen-bond acceptors (Lipinski definition) is 7. The van der Waals surface area contributed by atoms with Gasteiger partial charge in [0.15, 0.2) is 10.6 Å². The van der Waals surface area contributed by atoms with Crippen LogP contribution in [0.3, 0.4) is 0 Å². The first-order valence-corrected chi connectivity index (χ1v) is 9.71. The summed E-state index contributed by atoms with van der Waals surface area (Å²) in [6.45, 7) is 1.54. The summed E-state index contributed by atoms with van der Waals surface area (Å²) < 4.78 is 10.6. The smallest absolute Gasteiger partial charge is 0.323 e. The molecule has 0 spiro atoms. The zero-order valence-electron chi connectivity index (χ0n) is 15.6. The van der Waals surface area contributed by atoms with Crippen LogP contribution in [0.2, 0.25) is 0 Å². The van der Waals surface area contributed by atoms with Crippen LogP contribution in [-0.4, -0.2) is 23.1 Å². The fraction of sp³-hybridized carbons (Fsp3) is 0.286. The zero-order chi connectivity index (χ0) is 20.4. The van der Waals surface area contributed by atoms with Crippen LogP contribution < -0.4 is 5.73 Å². The summed E-state index contributed by atoms with van der Waals surface area (Å²) >= 11 is 0.922. The summed E-state index contributed by atoms with van der Waals surface area (Å²) in [5.41, 5.74) is 6.65. The van der Waals surface area contributed by atoms with Gasteiger partial charge in [0.2, 0.25) is 0 Å². The van der Waals surface area contributed by atoms with Gasteiger partial charge < -0.3 is 15.2 Å². The molecule has 6 nitrogen and oxygen atoms in total. The van der Waals surface area contributed by atoms with Gasteiger partial charge in [-0.15, -0.1) is 0 Å². The van der Waals surface area contributed by atoms with Crippen LogP contribution in [-0.2, 0) is 30.5 Å². The molecule has 7 heteroatoms. The standard InChI is InChI=1S/C21H23NO5S/c1-15(23)28-21(17-10-6-3-7-11-17)27-19(24)13-12-18(22)20(25)26-14-16-8-4-2-5-9-16/h2-11,18,21H,12-14,22H2,1H3. The van der Waals surface area contributed by atoms with Gasteiger partial charge in [-0.1, -0.05) is 60.7 Å². The Balaban J connectivity index is 1.80. The van der Waals surface area contributed by atoms with E-state index in [0.717, 1.165) is 17.3 Å². The van der Waals surface area contributed by atoms with Crippen molar-refractivity contribution in [3.8, 4) is 0 Å². The number of nitrogens with two attached hydrogens (primary N) is 1. The van der Waals surface area contributed by atoms with E-state index in [9.17, 15) is 14.4 Å². The van der Waals surface area contributed by atoms with Crippen LogP contribution in [0.4, 0.5) is 0 Å². The van der Waals surface area contributed by atoms with Gasteiger partial charge in [-0.05, 0) is 23.7 Å². The van der Waals surface area contributed by atoms with Crippen molar-refractivity contribution in [2.45, 2.75) is 37.9 Å². The predicted octanol–water partition coefficient (Wildman–Crippen LogP) is 3.36. The number of thioether (sulfide) groups is 1. The highest BCUT2D eigenvalue weighted by Crippen LogP contribution is 2.31. The number of rotatable bonds is 9. The molecule has 0 saturated heterocycles. The van der Waals surface area contributed by atoms with Crippen molar-refractivity contribution in [2.75, 3.05) is 0 Å². The Morgan fingerprint density at radius 1 is 1.00 bits per heavy atom. The molecule has 2 rings (SSSR count). The van der Waals surface area contributed by atoms with E-state index in [1.807, 2.05) is 36.4 Å². The molecule has 2 unspecified atom stereocenters. The molecule has 0 aromatic heterocycles. The van der Waals surface area contributed by atoms with E-state index >= 15 is 0 Å². The summed E-state index contributed by atoms with van der Waals surface area (Å²) in [6.07, 6.45) is 0.0438. The van der Waals surface area contributed by atoms with Crippen LogP contribution in [0.15, 0.2) is 60.7 Å². The second kappa shape index (κ2) is 11.3. The maximum absolute atomic E-state index is 12.2. The SMILES string of the molecule is CC(=O)SC(OC(=O)CCC(N)C(=O)OCc1ccccc1)c1ccccc1. The quantitative estimate of drug-likeness (QED) is 0.508. The van der Waals surface area contributed by atoms with Gasteiger partial charge in [-0.25, -0.2) is 0 Å². The van der Waals surface area contributed by atoms with E-state index in [1.54, 1.807) is 24.3 Å². The fourth-order valence-electron chi connectivity index (χ4n) is 2.33. The molecule has 0 radical (unpaired) electrons. The topological polar surface area (TPSA) is 95.7 Å². The van der Waals surface area contributed by atoms with E-state index in [0.29, 0.717) is 5.56 Å². The average molecular weight is 401 g/mol. The molecule has 0 aliphatic carbocycles. The number of hydrogen-bond donors (Lipinski definition) is 1. The maximum atomic E-state index is 12.2. The molecule has 0 fully saturated rings. The molecule has 0 heterocycles. The largest absolute Gasteiger partial charge is 0.460 e. The molecule has 0 aliphatic heterocycles. The second-order valence-corrected chi connectivity index (χ2v) is 7.32. The molecule has 0 saturated carbocycles. The number of benzene rings is 2. The minimum Gasteiger partial charge on any atom is -0.460 e. The van der Waals surface area contributed by atoms with Crippen LogP contribution in [0, 0.1) is 0 Å². The highest BCUT2D eigenvalue weighted by Gasteiger charge is 2.22. The molecule has 28 heavy (non-hydrogen) atoms. The molecule has 0 amide bonds. The van der Waals surface area contributed by atoms with E-state index in [1.165, 1.54) is 6.92 Å². The summed E-state index contributed by atoms with van der Waals surface area (Å²) in [7, 11) is 0. The summed E-state index contributed by atoms with van der Waals surface area (Å²) in [6, 6.07) is 17.3. The van der Waals surface area contributed by atoms with Crippen LogP contribution >= 0.6 is 11.8 Å². The Morgan fingerprint density at radius 3 is 2.21 bits per heavy atom. The first-order valence-electron chi connectivity index (χ1n) is 8.83. The van der Waals surface area contributed by atoms with Crippen LogP contribution in [0.5, 0.6) is 0 Å². The Kier molecular flexibility index (Phi) is 8.71. The molecule has 0 aliphatic rings. The third-order valence-corrected chi connectivity index (χ3v) is 4.68. The van der Waals surface area contributed by atoms with Gasteiger partial charge in [0.25, 0.3) is 0 Å². The predicted molar refractivity (Wildman–Crippen MR) is 107 cm³/mol. The third kappa shape index (κ3) is 7.54. The lowest BCUT2D eigenvalue weighted by Gasteiger charge is -2.17. The summed E-state index contributed by atoms with van der Waals surface area (Å²) in [5, 5.41) is -0.164. The van der Waals surface area contributed by atoms with Gasteiger partial charge in [0.1, 0.15) is 12.6 Å². The van der Waals surface area contributed by atoms with E-state index in [-0.39, 0.29) is 24.6 Å². The van der Waals surface area contributed by atoms with E-state index in [2.05, 4.69) is 0 Å². The van der Waals surface area contributed by atoms with Crippen LogP contribution in [0.1, 0.15) is 36.3 Å². The molecule has 2 atom stereocenters. The number of esters is 2. The normalized spacial score (nSPS) is 12.6. The number of ether oxygens (including phenoxy) is 2. The van der Waals surface area contributed by atoms with E-state index < -0.39 is 23.4 Å². The highest BCUT2D eigenvalue weighted by atomic mass is 32.2. The fourth-order valence-corrected chi connectivity index (χ4v) is 3.08. The van der Waals surface area contributed by atoms with Crippen molar-refractivity contribution < 1.29 is 23.9 Å². The first kappa shape index (κ1) is 21.7. The summed E-state index contributed by atoms with van der Waals surface area (Å²) in [5.74, 6) is -1.11. The Labute approximate surface area is 168 Å². The summed E-state index contributed by atoms with van der Waals surface area (Å²) in [4.78, 5) is 35.6. The molecular formula is C21H23NO5S. The van der Waals surface area contributed by atoms with Gasteiger partial charge in [-0.2, -0.15) is 0 Å². The second-order valence-electron chi connectivity index (χ2n) is 6.08. The zero-order valence-corrected chi connectivity index (χ0v) is 16.4. The molecule has 2 aromatic carbocycles. The van der Waals surface area contributed by atoms with Crippen molar-refractivity contribution in [3.05, 3.63) is 71.8 Å². The number of carbonyl (C=O) groups excluding carboxylic acids is 3. The molecule has 0 bridgehead atoms. The monoisotopic (exact) mass is 401 g/mol. The third-order valence-electron chi connectivity index (χ3n) is 3.77. The molecule has 2 aromatic rings.